The normalized spacial score (nSPS) is 28.5. The number of carbonyl (C=O) groups excluding carboxylic acids is 1. The molecule has 6 heteroatoms. The minimum Gasteiger partial charge on any atom is -0.356 e. The lowest BCUT2D eigenvalue weighted by Crippen LogP contribution is -2.46. The van der Waals surface area contributed by atoms with E-state index in [1.54, 1.807) is 24.4 Å². The third-order valence-electron chi connectivity index (χ3n) is 3.57. The number of nitrogens with zero attached hydrogens (tertiary/aromatic N) is 4. The minimum atomic E-state index is -1.17. The van der Waals surface area contributed by atoms with Crippen molar-refractivity contribution in [2.45, 2.75) is 11.6 Å². The molecule has 0 aromatic carbocycles. The van der Waals surface area contributed by atoms with Crippen molar-refractivity contribution in [3.05, 3.63) is 36.1 Å². The maximum Gasteiger partial charge on any atom is 0.278 e. The maximum absolute atomic E-state index is 12.4. The number of anilines is 1. The fourth-order valence-electron chi connectivity index (χ4n) is 2.46. The lowest BCUT2D eigenvalue weighted by molar-refractivity contribution is 0.0906. The Kier molecular flexibility index (Phi) is 2.34. The SMILES string of the molecule is COC1(C#N)C=CC2C(=C1)C(=O)n1nccc1N2C. The smallest absolute Gasteiger partial charge is 0.278 e. The van der Waals surface area contributed by atoms with Crippen LogP contribution in [0.3, 0.4) is 0 Å². The van der Waals surface area contributed by atoms with Gasteiger partial charge in [0.25, 0.3) is 5.91 Å². The molecule has 2 unspecified atom stereocenters. The molecule has 3 rings (SSSR count). The Balaban J connectivity index is 2.16. The molecule has 0 N–H and O–H groups in total. The summed E-state index contributed by atoms with van der Waals surface area (Å²) in [6.07, 6.45) is 6.65. The van der Waals surface area contributed by atoms with Crippen LogP contribution in [0.2, 0.25) is 0 Å². The number of fused-ring (bicyclic) bond motifs is 2. The van der Waals surface area contributed by atoms with E-state index < -0.39 is 5.60 Å². The molecule has 96 valence electrons. The zero-order chi connectivity index (χ0) is 13.6. The molecule has 0 spiro atoms. The van der Waals surface area contributed by atoms with Gasteiger partial charge in [-0.15, -0.1) is 0 Å². The van der Waals surface area contributed by atoms with E-state index in [1.165, 1.54) is 11.8 Å². The Morgan fingerprint density at radius 1 is 1.58 bits per heavy atom. The molecule has 19 heavy (non-hydrogen) atoms. The van der Waals surface area contributed by atoms with E-state index in [2.05, 4.69) is 11.2 Å². The average Bonchev–Trinajstić information content (AvgIpc) is 2.94. The maximum atomic E-state index is 12.4. The minimum absolute atomic E-state index is 0.187. The van der Waals surface area contributed by atoms with Crippen LogP contribution in [-0.4, -0.2) is 41.5 Å². The average molecular weight is 256 g/mol. The van der Waals surface area contributed by atoms with E-state index in [0.29, 0.717) is 5.57 Å². The van der Waals surface area contributed by atoms with E-state index in [0.717, 1.165) is 5.82 Å². The van der Waals surface area contributed by atoms with Gasteiger partial charge in [-0.1, -0.05) is 6.08 Å². The van der Waals surface area contributed by atoms with Gasteiger partial charge in [-0.25, -0.2) is 0 Å². The molecule has 0 fully saturated rings. The zero-order valence-electron chi connectivity index (χ0n) is 10.6. The van der Waals surface area contributed by atoms with E-state index in [-0.39, 0.29) is 11.9 Å². The highest BCUT2D eigenvalue weighted by molar-refractivity contribution is 6.01. The third-order valence-corrected chi connectivity index (χ3v) is 3.57. The summed E-state index contributed by atoms with van der Waals surface area (Å²) in [5.41, 5.74) is -0.669. The number of hydrogen-bond donors (Lipinski definition) is 0. The van der Waals surface area contributed by atoms with Crippen LogP contribution in [0.15, 0.2) is 36.1 Å². The molecule has 1 aliphatic carbocycles. The van der Waals surface area contributed by atoms with Crippen LogP contribution in [0.5, 0.6) is 0 Å². The molecule has 2 atom stereocenters. The first-order valence-corrected chi connectivity index (χ1v) is 5.82. The molecule has 0 saturated carbocycles. The van der Waals surface area contributed by atoms with Crippen LogP contribution >= 0.6 is 0 Å². The Hall–Kier alpha value is -2.39. The predicted octanol–water partition coefficient (Wildman–Crippen LogP) is 0.747. The second kappa shape index (κ2) is 3.80. The number of likely N-dealkylation sites (N-methyl/N-ethyl adjacent to an activating group) is 1. The molecule has 1 aromatic rings. The van der Waals surface area contributed by atoms with Crippen molar-refractivity contribution >= 4 is 11.7 Å². The van der Waals surface area contributed by atoms with E-state index in [1.807, 2.05) is 18.0 Å². The van der Waals surface area contributed by atoms with Crippen LogP contribution in [0.25, 0.3) is 0 Å². The summed E-state index contributed by atoms with van der Waals surface area (Å²) in [5, 5.41) is 13.2. The predicted molar refractivity (Wildman–Crippen MR) is 67.6 cm³/mol. The Morgan fingerprint density at radius 3 is 3.05 bits per heavy atom. The van der Waals surface area contributed by atoms with Crippen molar-refractivity contribution in [3.63, 3.8) is 0 Å². The number of methoxy groups -OCH3 is 1. The molecule has 0 amide bonds. The first-order chi connectivity index (χ1) is 9.12. The Morgan fingerprint density at radius 2 is 2.37 bits per heavy atom. The van der Waals surface area contributed by atoms with Crippen molar-refractivity contribution in [2.75, 3.05) is 19.1 Å². The summed E-state index contributed by atoms with van der Waals surface area (Å²) in [4.78, 5) is 14.3. The number of carbonyl (C=O) groups is 1. The number of rotatable bonds is 1. The van der Waals surface area contributed by atoms with Crippen LogP contribution in [-0.2, 0) is 4.74 Å². The second-order valence-corrected chi connectivity index (χ2v) is 4.53. The lowest BCUT2D eigenvalue weighted by Gasteiger charge is -2.37. The summed E-state index contributed by atoms with van der Waals surface area (Å²) in [6, 6.07) is 3.66. The van der Waals surface area contributed by atoms with Crippen LogP contribution in [0.1, 0.15) is 4.79 Å². The van der Waals surface area contributed by atoms with Crippen LogP contribution < -0.4 is 4.90 Å². The molecule has 1 aromatic heterocycles. The van der Waals surface area contributed by atoms with Gasteiger partial charge in [0.15, 0.2) is 5.60 Å². The molecule has 2 aliphatic rings. The highest BCUT2D eigenvalue weighted by Crippen LogP contribution is 2.33. The third kappa shape index (κ3) is 1.45. The monoisotopic (exact) mass is 256 g/mol. The van der Waals surface area contributed by atoms with Gasteiger partial charge < -0.3 is 9.64 Å². The number of aromatic nitrogens is 2. The molecule has 6 nitrogen and oxygen atoms in total. The van der Waals surface area contributed by atoms with E-state index >= 15 is 0 Å². The first-order valence-electron chi connectivity index (χ1n) is 5.82. The van der Waals surface area contributed by atoms with Gasteiger partial charge in [0.05, 0.1) is 12.2 Å². The summed E-state index contributed by atoms with van der Waals surface area (Å²) >= 11 is 0. The standard InChI is InChI=1S/C13H12N4O2/c1-16-10-3-5-13(8-14,19-2)7-9(10)12(18)17-11(16)4-6-15-17/h3-7,10H,1-2H3. The fourth-order valence-corrected chi connectivity index (χ4v) is 2.46. The zero-order valence-corrected chi connectivity index (χ0v) is 10.6. The van der Waals surface area contributed by atoms with Crippen molar-refractivity contribution in [3.8, 4) is 6.07 Å². The largest absolute Gasteiger partial charge is 0.356 e. The van der Waals surface area contributed by atoms with Gasteiger partial charge in [-0.2, -0.15) is 15.0 Å². The molecule has 0 radical (unpaired) electrons. The van der Waals surface area contributed by atoms with Crippen molar-refractivity contribution < 1.29 is 9.53 Å². The Labute approximate surface area is 110 Å². The number of ether oxygens (including phenoxy) is 1. The van der Waals surface area contributed by atoms with Gasteiger partial charge in [0, 0.05) is 25.8 Å². The van der Waals surface area contributed by atoms with Crippen molar-refractivity contribution in [1.29, 1.82) is 5.26 Å². The van der Waals surface area contributed by atoms with Gasteiger partial charge >= 0.3 is 0 Å². The number of nitriles is 1. The van der Waals surface area contributed by atoms with Crippen LogP contribution in [0.4, 0.5) is 5.82 Å². The molecule has 2 heterocycles. The molecular weight excluding hydrogens is 244 g/mol. The summed E-state index contributed by atoms with van der Waals surface area (Å²) in [5.74, 6) is 0.516. The summed E-state index contributed by atoms with van der Waals surface area (Å²) in [7, 11) is 3.33. The molecular formula is C13H12N4O2. The topological polar surface area (TPSA) is 71.1 Å². The highest BCUT2D eigenvalue weighted by Gasteiger charge is 2.39. The molecule has 0 bridgehead atoms. The van der Waals surface area contributed by atoms with Gasteiger partial charge in [-0.05, 0) is 12.2 Å². The first kappa shape index (κ1) is 11.7. The molecule has 0 saturated heterocycles. The van der Waals surface area contributed by atoms with Gasteiger partial charge in [0.1, 0.15) is 11.9 Å². The van der Waals surface area contributed by atoms with Crippen LogP contribution in [0, 0.1) is 11.3 Å². The quantitative estimate of drug-likeness (QED) is 0.693. The van der Waals surface area contributed by atoms with Gasteiger partial charge in [-0.3, -0.25) is 4.79 Å². The number of hydrogen-bond acceptors (Lipinski definition) is 5. The lowest BCUT2D eigenvalue weighted by atomic mass is 9.88. The van der Waals surface area contributed by atoms with Crippen molar-refractivity contribution in [2.24, 2.45) is 0 Å². The highest BCUT2D eigenvalue weighted by atomic mass is 16.5. The summed E-state index contributed by atoms with van der Waals surface area (Å²) in [6.45, 7) is 0. The van der Waals surface area contributed by atoms with Crippen molar-refractivity contribution in [1.82, 2.24) is 9.78 Å². The molecule has 1 aliphatic heterocycles. The summed E-state index contributed by atoms with van der Waals surface area (Å²) < 4.78 is 6.54. The Bertz CT molecular complexity index is 652. The van der Waals surface area contributed by atoms with E-state index in [9.17, 15) is 10.1 Å². The fraction of sp³-hybridized carbons (Fsp3) is 0.308. The van der Waals surface area contributed by atoms with E-state index in [4.69, 9.17) is 4.74 Å². The van der Waals surface area contributed by atoms with Gasteiger partial charge in [0.2, 0.25) is 0 Å². The second-order valence-electron chi connectivity index (χ2n) is 4.53.